The van der Waals surface area contributed by atoms with Crippen molar-refractivity contribution in [1.82, 2.24) is 14.8 Å². The van der Waals surface area contributed by atoms with E-state index in [0.29, 0.717) is 28.5 Å². The van der Waals surface area contributed by atoms with Crippen molar-refractivity contribution in [2.24, 2.45) is 0 Å². The van der Waals surface area contributed by atoms with Crippen LogP contribution in [0.5, 0.6) is 0 Å². The summed E-state index contributed by atoms with van der Waals surface area (Å²) in [6, 6.07) is 15.6. The number of aromatic nitrogens is 3. The first-order valence-corrected chi connectivity index (χ1v) is 10.2. The first-order valence-electron chi connectivity index (χ1n) is 9.84. The maximum absolute atomic E-state index is 14.0. The lowest BCUT2D eigenvalue weighted by atomic mass is 10.00. The second-order valence-electron chi connectivity index (χ2n) is 7.50. The Kier molecular flexibility index (Phi) is 4.79. The number of nitrogens with zero attached hydrogens (tertiary/aromatic N) is 4. The third-order valence-corrected chi connectivity index (χ3v) is 5.77. The highest BCUT2D eigenvalue weighted by atomic mass is 35.5. The van der Waals surface area contributed by atoms with Crippen LogP contribution in [0.25, 0.3) is 11.1 Å². The Balaban J connectivity index is 1.71. The molecule has 0 radical (unpaired) electrons. The van der Waals surface area contributed by atoms with Crippen molar-refractivity contribution in [3.63, 3.8) is 0 Å². The summed E-state index contributed by atoms with van der Waals surface area (Å²) in [5, 5.41) is 5.06. The molecule has 154 valence electrons. The van der Waals surface area contributed by atoms with Crippen molar-refractivity contribution in [2.75, 3.05) is 4.90 Å². The van der Waals surface area contributed by atoms with Gasteiger partial charge in [0.05, 0.1) is 18.8 Å². The van der Waals surface area contributed by atoms with Crippen LogP contribution in [0.2, 0.25) is 5.02 Å². The predicted molar refractivity (Wildman–Crippen MR) is 118 cm³/mol. The number of fused-ring (bicyclic) bond motifs is 2. The molecule has 0 bridgehead atoms. The van der Waals surface area contributed by atoms with Gasteiger partial charge in [0.15, 0.2) is 0 Å². The van der Waals surface area contributed by atoms with Crippen molar-refractivity contribution in [2.45, 2.75) is 20.0 Å². The lowest BCUT2D eigenvalue weighted by Crippen LogP contribution is -2.32. The summed E-state index contributed by atoms with van der Waals surface area (Å²) in [5.41, 5.74) is 4.60. The number of halogens is 2. The summed E-state index contributed by atoms with van der Waals surface area (Å²) in [5.74, 6) is -0.213. The largest absolute Gasteiger partial charge is 0.286 e. The van der Waals surface area contributed by atoms with E-state index in [1.54, 1.807) is 30.3 Å². The number of carbonyl (C=O) groups is 1. The summed E-state index contributed by atoms with van der Waals surface area (Å²) >= 11 is 6.23. The van der Waals surface area contributed by atoms with Gasteiger partial charge in [-0.15, -0.1) is 0 Å². The van der Waals surface area contributed by atoms with Crippen molar-refractivity contribution in [1.29, 1.82) is 0 Å². The Labute approximate surface area is 183 Å². The van der Waals surface area contributed by atoms with Gasteiger partial charge in [0, 0.05) is 28.5 Å². The Bertz CT molecular complexity index is 1320. The number of pyridine rings is 1. The van der Waals surface area contributed by atoms with E-state index in [4.69, 9.17) is 11.6 Å². The second-order valence-corrected chi connectivity index (χ2v) is 7.94. The molecule has 31 heavy (non-hydrogen) atoms. The van der Waals surface area contributed by atoms with Gasteiger partial charge in [0.1, 0.15) is 11.6 Å². The Morgan fingerprint density at radius 3 is 2.77 bits per heavy atom. The third kappa shape index (κ3) is 3.49. The Morgan fingerprint density at radius 2 is 1.94 bits per heavy atom. The fourth-order valence-corrected chi connectivity index (χ4v) is 4.15. The van der Waals surface area contributed by atoms with Crippen LogP contribution in [-0.4, -0.2) is 20.7 Å². The van der Waals surface area contributed by atoms with E-state index >= 15 is 0 Å². The molecule has 1 aliphatic heterocycles. The molecule has 0 N–H and O–H groups in total. The molecule has 0 fully saturated rings. The molecule has 0 atom stereocenters. The molecule has 2 aromatic heterocycles. The van der Waals surface area contributed by atoms with Crippen LogP contribution >= 0.6 is 11.6 Å². The Morgan fingerprint density at radius 1 is 1.06 bits per heavy atom. The third-order valence-electron chi connectivity index (χ3n) is 5.53. The van der Waals surface area contributed by atoms with Crippen molar-refractivity contribution >= 4 is 23.3 Å². The molecular weight excluding hydrogens is 415 g/mol. The van der Waals surface area contributed by atoms with E-state index in [0.717, 1.165) is 22.4 Å². The fraction of sp³-hybridized carbons (Fsp3) is 0.125. The molecule has 7 heteroatoms. The lowest BCUT2D eigenvalue weighted by molar-refractivity contribution is 0.0983. The molecule has 0 saturated carbocycles. The number of rotatable bonds is 2. The van der Waals surface area contributed by atoms with Gasteiger partial charge in [-0.25, -0.2) is 9.37 Å². The number of hydrogen-bond donors (Lipinski definition) is 0. The first-order chi connectivity index (χ1) is 15.0. The molecule has 1 amide bonds. The summed E-state index contributed by atoms with van der Waals surface area (Å²) in [4.78, 5) is 19.8. The summed E-state index contributed by atoms with van der Waals surface area (Å²) in [7, 11) is 0. The highest BCUT2D eigenvalue weighted by Crippen LogP contribution is 2.35. The molecule has 0 saturated heterocycles. The van der Waals surface area contributed by atoms with E-state index in [1.165, 1.54) is 12.1 Å². The quantitative estimate of drug-likeness (QED) is 0.434. The number of anilines is 1. The molecule has 3 heterocycles. The standard InChI is InChI=1S/C24H18ClFN4O/c1-15-5-6-18(26)12-21(15)24(31)29-13-19-7-10-28-30(19)14-22-20(8-9-27-23(22)29)16-3-2-4-17(25)11-16/h2-12H,13-14H2,1H3. The molecule has 4 aromatic rings. The van der Waals surface area contributed by atoms with Crippen LogP contribution < -0.4 is 4.90 Å². The van der Waals surface area contributed by atoms with Crippen LogP contribution in [0, 0.1) is 12.7 Å². The van der Waals surface area contributed by atoms with E-state index < -0.39 is 5.82 Å². The molecule has 0 unspecified atom stereocenters. The number of carbonyl (C=O) groups excluding carboxylic acids is 1. The van der Waals surface area contributed by atoms with Gasteiger partial charge in [-0.1, -0.05) is 29.8 Å². The molecule has 1 aliphatic rings. The monoisotopic (exact) mass is 432 g/mol. The second kappa shape index (κ2) is 7.63. The smallest absolute Gasteiger partial charge is 0.260 e. The number of amides is 1. The minimum atomic E-state index is -0.449. The van der Waals surface area contributed by atoms with Gasteiger partial charge in [-0.05, 0) is 60.0 Å². The van der Waals surface area contributed by atoms with Crippen molar-refractivity contribution in [3.8, 4) is 11.1 Å². The van der Waals surface area contributed by atoms with Crippen LogP contribution in [0.3, 0.4) is 0 Å². The van der Waals surface area contributed by atoms with E-state index in [9.17, 15) is 9.18 Å². The van der Waals surface area contributed by atoms with Crippen LogP contribution in [0.15, 0.2) is 67.0 Å². The Hall–Kier alpha value is -3.51. The minimum Gasteiger partial charge on any atom is -0.286 e. The molecule has 2 aromatic carbocycles. The maximum atomic E-state index is 14.0. The zero-order valence-corrected chi connectivity index (χ0v) is 17.5. The highest BCUT2D eigenvalue weighted by Gasteiger charge is 2.29. The zero-order valence-electron chi connectivity index (χ0n) is 16.7. The molecule has 0 spiro atoms. The number of aryl methyl sites for hydroxylation is 1. The van der Waals surface area contributed by atoms with Gasteiger partial charge in [-0.3, -0.25) is 14.4 Å². The lowest BCUT2D eigenvalue weighted by Gasteiger charge is -2.23. The number of hydrogen-bond acceptors (Lipinski definition) is 3. The molecular formula is C24H18ClFN4O. The average molecular weight is 433 g/mol. The zero-order chi connectivity index (χ0) is 21.5. The van der Waals surface area contributed by atoms with E-state index in [1.807, 2.05) is 41.1 Å². The minimum absolute atomic E-state index is 0.286. The van der Waals surface area contributed by atoms with Gasteiger partial charge >= 0.3 is 0 Å². The van der Waals surface area contributed by atoms with E-state index in [2.05, 4.69) is 10.1 Å². The summed E-state index contributed by atoms with van der Waals surface area (Å²) in [6.45, 7) is 2.54. The molecule has 0 aliphatic carbocycles. The van der Waals surface area contributed by atoms with E-state index in [-0.39, 0.29) is 12.5 Å². The topological polar surface area (TPSA) is 51.0 Å². The van der Waals surface area contributed by atoms with Crippen molar-refractivity contribution < 1.29 is 9.18 Å². The fourth-order valence-electron chi connectivity index (χ4n) is 3.96. The molecule has 5 nitrogen and oxygen atoms in total. The highest BCUT2D eigenvalue weighted by molar-refractivity contribution is 6.30. The van der Waals surface area contributed by atoms with Gasteiger partial charge in [-0.2, -0.15) is 5.10 Å². The van der Waals surface area contributed by atoms with Gasteiger partial charge < -0.3 is 0 Å². The normalized spacial score (nSPS) is 12.8. The van der Waals surface area contributed by atoms with Crippen LogP contribution in [0.1, 0.15) is 27.2 Å². The summed E-state index contributed by atoms with van der Waals surface area (Å²) < 4.78 is 15.8. The van der Waals surface area contributed by atoms with Crippen LogP contribution in [-0.2, 0) is 13.1 Å². The number of benzene rings is 2. The summed E-state index contributed by atoms with van der Waals surface area (Å²) in [6.07, 6.45) is 3.40. The first kappa shape index (κ1) is 19.5. The van der Waals surface area contributed by atoms with Gasteiger partial charge in [0.2, 0.25) is 0 Å². The average Bonchev–Trinajstić information content (AvgIpc) is 3.13. The maximum Gasteiger partial charge on any atom is 0.260 e. The van der Waals surface area contributed by atoms with Gasteiger partial charge in [0.25, 0.3) is 5.91 Å². The van der Waals surface area contributed by atoms with Crippen molar-refractivity contribution in [3.05, 3.63) is 100 Å². The SMILES string of the molecule is Cc1ccc(F)cc1C(=O)N1Cc2ccnn2Cc2c(-c3cccc(Cl)c3)ccnc21. The van der Waals surface area contributed by atoms with Crippen LogP contribution in [0.4, 0.5) is 10.2 Å². The molecule has 5 rings (SSSR count). The predicted octanol–water partition coefficient (Wildman–Crippen LogP) is 5.25.